The van der Waals surface area contributed by atoms with E-state index >= 15 is 0 Å². The Morgan fingerprint density at radius 1 is 1.33 bits per heavy atom. The minimum absolute atomic E-state index is 0.281. The lowest BCUT2D eigenvalue weighted by atomic mass is 10.2. The van der Waals surface area contributed by atoms with Crippen LogP contribution in [0, 0.1) is 0 Å². The van der Waals surface area contributed by atoms with Crippen LogP contribution in [0.1, 0.15) is 23.0 Å². The molecule has 0 bridgehead atoms. The van der Waals surface area contributed by atoms with Gasteiger partial charge < -0.3 is 15.5 Å². The number of ether oxygens (including phenoxy) is 1. The molecule has 0 aliphatic carbocycles. The summed E-state index contributed by atoms with van der Waals surface area (Å²) < 4.78 is 5.38. The first-order chi connectivity index (χ1) is 13.0. The Morgan fingerprint density at radius 3 is 2.78 bits per heavy atom. The number of nitrogens with two attached hydrogens (primary N) is 1. The van der Waals surface area contributed by atoms with E-state index in [-0.39, 0.29) is 5.91 Å². The molecule has 0 unspecified atom stereocenters. The van der Waals surface area contributed by atoms with Crippen LogP contribution in [0.5, 0.6) is 5.75 Å². The average Bonchev–Trinajstić information content (AvgIpc) is 3.31. The van der Waals surface area contributed by atoms with Crippen molar-refractivity contribution >= 4 is 34.4 Å². The zero-order valence-corrected chi connectivity index (χ0v) is 15.4. The molecule has 0 radical (unpaired) electrons. The number of rotatable bonds is 7. The second-order valence-corrected chi connectivity index (χ2v) is 6.39. The largest absolute Gasteiger partial charge is 0.494 e. The number of thiazole rings is 1. The Kier molecular flexibility index (Phi) is 5.68. The molecule has 138 valence electrons. The Balaban J connectivity index is 1.60. The summed E-state index contributed by atoms with van der Waals surface area (Å²) in [6.07, 6.45) is 4.80. The molecule has 0 spiro atoms. The molecule has 27 heavy (non-hydrogen) atoms. The number of amides is 2. The number of H-pyrrole nitrogens is 1. The normalized spacial score (nSPS) is 10.9. The van der Waals surface area contributed by atoms with E-state index in [9.17, 15) is 9.59 Å². The van der Waals surface area contributed by atoms with Gasteiger partial charge in [-0.05, 0) is 36.8 Å². The number of anilines is 1. The number of nitrogens with one attached hydrogen (secondary N) is 2. The lowest BCUT2D eigenvalue weighted by molar-refractivity contribution is -0.111. The number of aromatic nitrogens is 2. The summed E-state index contributed by atoms with van der Waals surface area (Å²) in [5.74, 6) is -0.0280. The number of benzene rings is 1. The summed E-state index contributed by atoms with van der Waals surface area (Å²) in [6.45, 7) is 2.54. The summed E-state index contributed by atoms with van der Waals surface area (Å²) in [5, 5.41) is 4.98. The van der Waals surface area contributed by atoms with Gasteiger partial charge >= 0.3 is 0 Å². The molecule has 0 saturated heterocycles. The highest BCUT2D eigenvalue weighted by Crippen LogP contribution is 2.25. The zero-order chi connectivity index (χ0) is 19.2. The van der Waals surface area contributed by atoms with Crippen LogP contribution in [-0.4, -0.2) is 28.4 Å². The summed E-state index contributed by atoms with van der Waals surface area (Å²) in [7, 11) is 0. The van der Waals surface area contributed by atoms with Gasteiger partial charge in [0.15, 0.2) is 5.13 Å². The number of aromatic amines is 1. The van der Waals surface area contributed by atoms with E-state index in [4.69, 9.17) is 10.5 Å². The third-order valence-corrected chi connectivity index (χ3v) is 4.35. The molecule has 3 rings (SSSR count). The van der Waals surface area contributed by atoms with Crippen molar-refractivity contribution < 1.29 is 14.3 Å². The highest BCUT2D eigenvalue weighted by Gasteiger charge is 2.10. The summed E-state index contributed by atoms with van der Waals surface area (Å²) >= 11 is 1.30. The van der Waals surface area contributed by atoms with Crippen molar-refractivity contribution in [3.63, 3.8) is 0 Å². The summed E-state index contributed by atoms with van der Waals surface area (Å²) in [5.41, 5.74) is 7.79. The van der Waals surface area contributed by atoms with Gasteiger partial charge in [-0.1, -0.05) is 12.1 Å². The SMILES string of the molecule is CCOc1ccc(/C=C/C(=O)Nc2nc(-c3c[nH]c(C(N)=O)c3)cs2)cc1. The van der Waals surface area contributed by atoms with Gasteiger partial charge in [0.2, 0.25) is 5.91 Å². The fourth-order valence-corrected chi connectivity index (χ4v) is 3.03. The van der Waals surface area contributed by atoms with Crippen molar-refractivity contribution in [1.82, 2.24) is 9.97 Å². The van der Waals surface area contributed by atoms with Crippen molar-refractivity contribution in [2.24, 2.45) is 5.73 Å². The quantitative estimate of drug-likeness (QED) is 0.545. The third kappa shape index (κ3) is 4.83. The molecule has 2 amide bonds. The van der Waals surface area contributed by atoms with E-state index in [0.29, 0.717) is 23.1 Å². The standard InChI is InChI=1S/C19H18N4O3S/c1-2-26-14-6-3-12(4-7-14)5-8-17(24)23-19-22-16(11-27-19)13-9-15(18(20)25)21-10-13/h3-11,21H,2H2,1H3,(H2,20,25)(H,22,23,24)/b8-5+. The van der Waals surface area contributed by atoms with E-state index in [2.05, 4.69) is 15.3 Å². The number of carbonyl (C=O) groups is 2. The van der Waals surface area contributed by atoms with Crippen LogP contribution in [0.4, 0.5) is 5.13 Å². The van der Waals surface area contributed by atoms with Gasteiger partial charge in [0.05, 0.1) is 12.3 Å². The molecule has 4 N–H and O–H groups in total. The van der Waals surface area contributed by atoms with Gasteiger partial charge in [0.1, 0.15) is 11.4 Å². The van der Waals surface area contributed by atoms with E-state index in [1.807, 2.05) is 31.2 Å². The van der Waals surface area contributed by atoms with E-state index in [1.54, 1.807) is 23.7 Å². The Hall–Kier alpha value is -3.39. The van der Waals surface area contributed by atoms with Crippen LogP contribution in [0.25, 0.3) is 17.3 Å². The van der Waals surface area contributed by atoms with Crippen molar-refractivity contribution in [3.05, 3.63) is 59.2 Å². The van der Waals surface area contributed by atoms with Crippen molar-refractivity contribution in [2.75, 3.05) is 11.9 Å². The molecule has 0 atom stereocenters. The van der Waals surface area contributed by atoms with Crippen LogP contribution in [0.15, 0.2) is 48.0 Å². The van der Waals surface area contributed by atoms with Gasteiger partial charge in [-0.3, -0.25) is 14.9 Å². The number of hydrogen-bond donors (Lipinski definition) is 3. The molecule has 2 aromatic heterocycles. The van der Waals surface area contributed by atoms with E-state index < -0.39 is 5.91 Å². The van der Waals surface area contributed by atoms with Crippen molar-refractivity contribution in [3.8, 4) is 17.0 Å². The molecule has 7 nitrogen and oxygen atoms in total. The minimum atomic E-state index is -0.538. The van der Waals surface area contributed by atoms with Gasteiger partial charge in [-0.15, -0.1) is 11.3 Å². The molecule has 8 heteroatoms. The number of nitrogens with zero attached hydrogens (tertiary/aromatic N) is 1. The number of hydrogen-bond acceptors (Lipinski definition) is 5. The van der Waals surface area contributed by atoms with Crippen LogP contribution in [-0.2, 0) is 4.79 Å². The molecule has 0 aliphatic heterocycles. The molecule has 3 aromatic rings. The summed E-state index contributed by atoms with van der Waals surface area (Å²) in [4.78, 5) is 30.3. The molecule has 2 heterocycles. The van der Waals surface area contributed by atoms with Crippen LogP contribution >= 0.6 is 11.3 Å². The Morgan fingerprint density at radius 2 is 2.11 bits per heavy atom. The van der Waals surface area contributed by atoms with Gasteiger partial charge in [0.25, 0.3) is 5.91 Å². The highest BCUT2D eigenvalue weighted by atomic mass is 32.1. The number of primary amides is 1. The lowest BCUT2D eigenvalue weighted by Crippen LogP contribution is -2.10. The Bertz CT molecular complexity index is 973. The second kappa shape index (κ2) is 8.33. The molecule has 1 aromatic carbocycles. The Labute approximate surface area is 159 Å². The second-order valence-electron chi connectivity index (χ2n) is 5.53. The van der Waals surface area contributed by atoms with Gasteiger partial charge in [0, 0.05) is 23.2 Å². The molecule has 0 fully saturated rings. The predicted molar refractivity (Wildman–Crippen MR) is 106 cm³/mol. The van der Waals surface area contributed by atoms with E-state index in [1.165, 1.54) is 17.4 Å². The van der Waals surface area contributed by atoms with Crippen molar-refractivity contribution in [1.29, 1.82) is 0 Å². The van der Waals surface area contributed by atoms with Crippen LogP contribution < -0.4 is 15.8 Å². The fraction of sp³-hybridized carbons (Fsp3) is 0.105. The highest BCUT2D eigenvalue weighted by molar-refractivity contribution is 7.14. The van der Waals surface area contributed by atoms with Gasteiger partial charge in [-0.25, -0.2) is 4.98 Å². The lowest BCUT2D eigenvalue weighted by Gasteiger charge is -2.02. The molecular weight excluding hydrogens is 364 g/mol. The minimum Gasteiger partial charge on any atom is -0.494 e. The summed E-state index contributed by atoms with van der Waals surface area (Å²) in [6, 6.07) is 9.07. The first-order valence-corrected chi connectivity index (χ1v) is 9.09. The topological polar surface area (TPSA) is 110 Å². The first-order valence-electron chi connectivity index (χ1n) is 8.21. The van der Waals surface area contributed by atoms with Crippen LogP contribution in [0.2, 0.25) is 0 Å². The zero-order valence-electron chi connectivity index (χ0n) is 14.6. The first kappa shape index (κ1) is 18.4. The monoisotopic (exact) mass is 382 g/mol. The third-order valence-electron chi connectivity index (χ3n) is 3.60. The van der Waals surface area contributed by atoms with E-state index in [0.717, 1.165) is 16.9 Å². The number of carbonyl (C=O) groups excluding carboxylic acids is 2. The fourth-order valence-electron chi connectivity index (χ4n) is 2.31. The average molecular weight is 382 g/mol. The van der Waals surface area contributed by atoms with Gasteiger partial charge in [-0.2, -0.15) is 0 Å². The molecule has 0 saturated carbocycles. The van der Waals surface area contributed by atoms with Crippen LogP contribution in [0.3, 0.4) is 0 Å². The maximum Gasteiger partial charge on any atom is 0.265 e. The molecule has 0 aliphatic rings. The maximum absolute atomic E-state index is 12.1. The smallest absolute Gasteiger partial charge is 0.265 e. The van der Waals surface area contributed by atoms with Crippen molar-refractivity contribution in [2.45, 2.75) is 6.92 Å². The maximum atomic E-state index is 12.1. The molecular formula is C19H18N4O3S. The predicted octanol–water partition coefficient (Wildman–Crippen LogP) is 3.29.